The molecule has 1 aromatic heterocycles. The van der Waals surface area contributed by atoms with Crippen LogP contribution in [-0.4, -0.2) is 50.9 Å². The molecule has 3 rings (SSSR count). The number of aromatic nitrogens is 3. The summed E-state index contributed by atoms with van der Waals surface area (Å²) < 4.78 is 7.48. The first-order valence-electron chi connectivity index (χ1n) is 8.22. The highest BCUT2D eigenvalue weighted by molar-refractivity contribution is 5.90. The number of amides is 2. The maximum absolute atomic E-state index is 12.6. The number of primary amides is 1. The number of carbonyl (C=O) groups is 2. The molecule has 1 aliphatic rings. The summed E-state index contributed by atoms with van der Waals surface area (Å²) in [7, 11) is 0. The molecular weight excluding hydrogens is 322 g/mol. The minimum absolute atomic E-state index is 0.000479. The summed E-state index contributed by atoms with van der Waals surface area (Å²) in [5, 5.41) is 7.61. The average molecular weight is 343 g/mol. The number of carbonyl (C=O) groups excluding carboxylic acids is 2. The molecule has 1 aromatic carbocycles. The monoisotopic (exact) mass is 343 g/mol. The number of ether oxygens (including phenoxy) is 1. The van der Waals surface area contributed by atoms with E-state index in [2.05, 4.69) is 10.3 Å². The van der Waals surface area contributed by atoms with Crippen molar-refractivity contribution in [2.24, 2.45) is 5.73 Å². The zero-order valence-corrected chi connectivity index (χ0v) is 14.3. The van der Waals surface area contributed by atoms with Crippen molar-refractivity contribution in [3.63, 3.8) is 0 Å². The lowest BCUT2D eigenvalue weighted by Gasteiger charge is -2.40. The highest BCUT2D eigenvalue weighted by Gasteiger charge is 2.36. The second-order valence-electron chi connectivity index (χ2n) is 6.13. The van der Waals surface area contributed by atoms with Crippen molar-refractivity contribution in [2.75, 3.05) is 13.1 Å². The van der Waals surface area contributed by atoms with E-state index >= 15 is 0 Å². The van der Waals surface area contributed by atoms with Gasteiger partial charge in [0.1, 0.15) is 5.75 Å². The normalized spacial score (nSPS) is 15.5. The topological polar surface area (TPSA) is 103 Å². The van der Waals surface area contributed by atoms with Gasteiger partial charge in [0.2, 0.25) is 0 Å². The number of likely N-dealkylation sites (tertiary alicyclic amines) is 1. The molecule has 1 saturated heterocycles. The second-order valence-corrected chi connectivity index (χ2v) is 6.13. The number of nitrogens with two attached hydrogens (primary N) is 1. The van der Waals surface area contributed by atoms with Crippen molar-refractivity contribution in [3.8, 4) is 5.75 Å². The van der Waals surface area contributed by atoms with Gasteiger partial charge in [-0.05, 0) is 25.0 Å². The molecule has 8 heteroatoms. The first-order chi connectivity index (χ1) is 12.0. The summed E-state index contributed by atoms with van der Waals surface area (Å²) >= 11 is 0. The Balaban J connectivity index is 1.59. The number of rotatable bonds is 6. The zero-order valence-electron chi connectivity index (χ0n) is 14.3. The summed E-state index contributed by atoms with van der Waals surface area (Å²) in [6, 6.07) is 7.64. The third kappa shape index (κ3) is 3.47. The third-order valence-corrected chi connectivity index (χ3v) is 4.32. The van der Waals surface area contributed by atoms with E-state index in [-0.39, 0.29) is 17.6 Å². The number of aryl methyl sites for hydroxylation is 1. The molecule has 8 nitrogen and oxygen atoms in total. The maximum atomic E-state index is 12.6. The minimum Gasteiger partial charge on any atom is -0.480 e. The van der Waals surface area contributed by atoms with Crippen molar-refractivity contribution in [3.05, 3.63) is 41.7 Å². The fraction of sp³-hybridized carbons (Fsp3) is 0.412. The van der Waals surface area contributed by atoms with Crippen LogP contribution in [0.1, 0.15) is 35.4 Å². The van der Waals surface area contributed by atoms with Crippen molar-refractivity contribution in [2.45, 2.75) is 32.4 Å². The number of benzene rings is 1. The van der Waals surface area contributed by atoms with Crippen molar-refractivity contribution in [1.82, 2.24) is 19.9 Å². The van der Waals surface area contributed by atoms with E-state index in [0.717, 1.165) is 11.3 Å². The van der Waals surface area contributed by atoms with E-state index in [1.807, 2.05) is 38.1 Å². The van der Waals surface area contributed by atoms with Gasteiger partial charge in [-0.25, -0.2) is 4.68 Å². The summed E-state index contributed by atoms with van der Waals surface area (Å²) in [5.41, 5.74) is 6.29. The predicted molar refractivity (Wildman–Crippen MR) is 90.0 cm³/mol. The fourth-order valence-electron chi connectivity index (χ4n) is 2.72. The van der Waals surface area contributed by atoms with Crippen LogP contribution >= 0.6 is 0 Å². The summed E-state index contributed by atoms with van der Waals surface area (Å²) in [5.74, 6) is 0.0653. The number of hydrogen-bond donors (Lipinski definition) is 1. The van der Waals surface area contributed by atoms with Gasteiger partial charge in [0.15, 0.2) is 11.8 Å². The molecule has 0 saturated carbocycles. The van der Waals surface area contributed by atoms with Crippen molar-refractivity contribution in [1.29, 1.82) is 0 Å². The van der Waals surface area contributed by atoms with Gasteiger partial charge < -0.3 is 15.4 Å². The molecule has 0 radical (unpaired) electrons. The first-order valence-corrected chi connectivity index (χ1v) is 8.22. The van der Waals surface area contributed by atoms with Crippen LogP contribution in [0.3, 0.4) is 0 Å². The van der Waals surface area contributed by atoms with Crippen molar-refractivity contribution >= 4 is 11.8 Å². The summed E-state index contributed by atoms with van der Waals surface area (Å²) in [6.45, 7) is 4.89. The molecule has 0 spiro atoms. The molecule has 2 aromatic rings. The lowest BCUT2D eigenvalue weighted by atomic mass is 10.1. The van der Waals surface area contributed by atoms with Gasteiger partial charge >= 0.3 is 0 Å². The first kappa shape index (κ1) is 16.9. The van der Waals surface area contributed by atoms with E-state index in [0.29, 0.717) is 19.5 Å². The Hall–Kier alpha value is -2.90. The predicted octanol–water partition coefficient (Wildman–Crippen LogP) is 0.926. The third-order valence-electron chi connectivity index (χ3n) is 4.32. The molecule has 25 heavy (non-hydrogen) atoms. The lowest BCUT2D eigenvalue weighted by molar-refractivity contribution is -0.145. The van der Waals surface area contributed by atoms with Crippen molar-refractivity contribution < 1.29 is 14.3 Å². The number of nitrogens with zero attached hydrogens (tertiary/aromatic N) is 4. The number of hydrogen-bond acceptors (Lipinski definition) is 5. The van der Waals surface area contributed by atoms with Gasteiger partial charge in [-0.3, -0.25) is 9.59 Å². The Morgan fingerprint density at radius 2 is 2.08 bits per heavy atom. The van der Waals surface area contributed by atoms with Gasteiger partial charge in [0.25, 0.3) is 11.8 Å². The van der Waals surface area contributed by atoms with Crippen LogP contribution in [0.5, 0.6) is 5.75 Å². The molecule has 1 fully saturated rings. The van der Waals surface area contributed by atoms with Crippen LogP contribution in [0.2, 0.25) is 0 Å². The van der Waals surface area contributed by atoms with E-state index in [1.165, 1.54) is 6.20 Å². The lowest BCUT2D eigenvalue weighted by Crippen LogP contribution is -2.55. The van der Waals surface area contributed by atoms with Crippen LogP contribution in [-0.2, 0) is 4.79 Å². The average Bonchev–Trinajstić information content (AvgIpc) is 3.02. The molecular formula is C17H21N5O3. The fourth-order valence-corrected chi connectivity index (χ4v) is 2.72. The van der Waals surface area contributed by atoms with Crippen LogP contribution < -0.4 is 10.5 Å². The van der Waals surface area contributed by atoms with E-state index in [9.17, 15) is 9.59 Å². The maximum Gasteiger partial charge on any atom is 0.270 e. The molecule has 2 amide bonds. The molecule has 1 aliphatic heterocycles. The summed E-state index contributed by atoms with van der Waals surface area (Å²) in [6.07, 6.45) is 1.58. The van der Waals surface area contributed by atoms with E-state index in [1.54, 1.807) is 9.58 Å². The van der Waals surface area contributed by atoms with Crippen LogP contribution in [0, 0.1) is 6.92 Å². The highest BCUT2D eigenvalue weighted by Crippen LogP contribution is 2.24. The molecule has 0 bridgehead atoms. The summed E-state index contributed by atoms with van der Waals surface area (Å²) in [4.78, 5) is 25.4. The highest BCUT2D eigenvalue weighted by atomic mass is 16.5. The van der Waals surface area contributed by atoms with Crippen LogP contribution in [0.25, 0.3) is 0 Å². The minimum atomic E-state index is -0.615. The Morgan fingerprint density at radius 1 is 1.36 bits per heavy atom. The molecule has 1 unspecified atom stereocenters. The molecule has 2 N–H and O–H groups in total. The quantitative estimate of drug-likeness (QED) is 0.840. The van der Waals surface area contributed by atoms with Crippen LogP contribution in [0.4, 0.5) is 0 Å². The number of para-hydroxylation sites is 1. The Morgan fingerprint density at radius 3 is 2.68 bits per heavy atom. The second kappa shape index (κ2) is 6.92. The van der Waals surface area contributed by atoms with Gasteiger partial charge in [-0.2, -0.15) is 0 Å². The Labute approximate surface area is 145 Å². The van der Waals surface area contributed by atoms with Crippen LogP contribution in [0.15, 0.2) is 30.5 Å². The molecule has 0 aliphatic carbocycles. The largest absolute Gasteiger partial charge is 0.480 e. The van der Waals surface area contributed by atoms with E-state index in [4.69, 9.17) is 10.5 Å². The SMILES string of the molecule is CCC(Oc1ccccc1C)C(=O)N1CC(n2cc(C(N)=O)nn2)C1. The Kier molecular flexibility index (Phi) is 4.69. The molecule has 1 atom stereocenters. The van der Waals surface area contributed by atoms with Gasteiger partial charge in [0.05, 0.1) is 12.2 Å². The van der Waals surface area contributed by atoms with E-state index < -0.39 is 12.0 Å². The van der Waals surface area contributed by atoms with Gasteiger partial charge in [-0.1, -0.05) is 30.3 Å². The smallest absolute Gasteiger partial charge is 0.270 e. The molecule has 2 heterocycles. The molecule has 132 valence electrons. The van der Waals surface area contributed by atoms with Gasteiger partial charge in [-0.15, -0.1) is 5.10 Å². The van der Waals surface area contributed by atoms with Gasteiger partial charge in [0, 0.05) is 13.1 Å². The Bertz CT molecular complexity index is 782. The zero-order chi connectivity index (χ0) is 18.0. The standard InChI is InChI=1S/C17H21N5O3/c1-3-14(25-15-7-5-4-6-11(15)2)17(24)21-8-12(9-21)22-10-13(16(18)23)19-20-22/h4-7,10,12,14H,3,8-9H2,1-2H3,(H2,18,23).